The quantitative estimate of drug-likeness (QED) is 0.939. The summed E-state index contributed by atoms with van der Waals surface area (Å²) in [7, 11) is 0. The minimum Gasteiger partial charge on any atom is -0.481 e. The van der Waals surface area contributed by atoms with E-state index in [1.54, 1.807) is 38.1 Å². The van der Waals surface area contributed by atoms with Crippen molar-refractivity contribution < 1.29 is 14.1 Å². The predicted octanol–water partition coefficient (Wildman–Crippen LogP) is 3.35. The monoisotopic (exact) mass is 294 g/mol. The van der Waals surface area contributed by atoms with E-state index in [1.165, 1.54) is 0 Å². The molecule has 20 heavy (non-hydrogen) atoms. The van der Waals surface area contributed by atoms with E-state index in [0.717, 1.165) is 5.56 Å². The number of carbonyl (C=O) groups excluding carboxylic acids is 1. The van der Waals surface area contributed by atoms with Gasteiger partial charge in [-0.15, -0.1) is 0 Å². The lowest BCUT2D eigenvalue weighted by atomic mass is 10.2. The summed E-state index contributed by atoms with van der Waals surface area (Å²) >= 11 is 5.94. The largest absolute Gasteiger partial charge is 0.481 e. The van der Waals surface area contributed by atoms with Crippen LogP contribution in [-0.2, 0) is 4.79 Å². The molecule has 0 aliphatic rings. The fraction of sp³-hybridized carbons (Fsp3) is 0.286. The molecule has 1 heterocycles. The number of carbonyl (C=O) groups is 1. The van der Waals surface area contributed by atoms with Crippen molar-refractivity contribution in [2.24, 2.45) is 0 Å². The Bertz CT molecular complexity index is 625. The molecule has 1 N–H and O–H groups in total. The van der Waals surface area contributed by atoms with Gasteiger partial charge in [0.15, 0.2) is 11.9 Å². The van der Waals surface area contributed by atoms with Crippen molar-refractivity contribution in [2.75, 3.05) is 5.32 Å². The van der Waals surface area contributed by atoms with E-state index < -0.39 is 6.10 Å². The van der Waals surface area contributed by atoms with Gasteiger partial charge < -0.3 is 14.6 Å². The SMILES string of the molecule is Cc1cc(NC(=O)[C@H](C)Oc2ccc(Cl)c(C)c2)no1. The second-order valence-electron chi connectivity index (χ2n) is 4.48. The lowest BCUT2D eigenvalue weighted by molar-refractivity contribution is -0.122. The molecule has 0 fully saturated rings. The highest BCUT2D eigenvalue weighted by atomic mass is 35.5. The van der Waals surface area contributed by atoms with Crippen molar-refractivity contribution in [1.29, 1.82) is 0 Å². The van der Waals surface area contributed by atoms with Gasteiger partial charge in [0, 0.05) is 11.1 Å². The van der Waals surface area contributed by atoms with Crippen LogP contribution in [0.1, 0.15) is 18.2 Å². The number of nitrogens with one attached hydrogen (secondary N) is 1. The molecule has 5 nitrogen and oxygen atoms in total. The highest BCUT2D eigenvalue weighted by molar-refractivity contribution is 6.31. The van der Waals surface area contributed by atoms with Gasteiger partial charge >= 0.3 is 0 Å². The Morgan fingerprint density at radius 3 is 2.75 bits per heavy atom. The topological polar surface area (TPSA) is 64.4 Å². The normalized spacial score (nSPS) is 12.0. The molecular formula is C14H15ClN2O3. The van der Waals surface area contributed by atoms with Crippen LogP contribution in [-0.4, -0.2) is 17.2 Å². The van der Waals surface area contributed by atoms with Gasteiger partial charge in [0.25, 0.3) is 5.91 Å². The first-order valence-corrected chi connectivity index (χ1v) is 6.50. The molecule has 0 radical (unpaired) electrons. The maximum Gasteiger partial charge on any atom is 0.266 e. The number of hydrogen-bond donors (Lipinski definition) is 1. The molecule has 1 aromatic heterocycles. The second kappa shape index (κ2) is 5.96. The van der Waals surface area contributed by atoms with Crippen LogP contribution >= 0.6 is 11.6 Å². The summed E-state index contributed by atoms with van der Waals surface area (Å²) in [6.45, 7) is 5.28. The Labute approximate surface area is 121 Å². The summed E-state index contributed by atoms with van der Waals surface area (Å²) in [6, 6.07) is 6.88. The number of amides is 1. The molecular weight excluding hydrogens is 280 g/mol. The van der Waals surface area contributed by atoms with Gasteiger partial charge in [0.05, 0.1) is 0 Å². The van der Waals surface area contributed by atoms with Crippen molar-refractivity contribution in [2.45, 2.75) is 26.9 Å². The summed E-state index contributed by atoms with van der Waals surface area (Å²) in [6.07, 6.45) is -0.660. The lowest BCUT2D eigenvalue weighted by Crippen LogP contribution is -2.30. The molecule has 0 aliphatic carbocycles. The predicted molar refractivity (Wildman–Crippen MR) is 76.1 cm³/mol. The molecule has 0 saturated heterocycles. The van der Waals surface area contributed by atoms with Crippen molar-refractivity contribution in [3.05, 3.63) is 40.6 Å². The summed E-state index contributed by atoms with van der Waals surface area (Å²) in [5, 5.41) is 6.96. The van der Waals surface area contributed by atoms with Crippen LogP contribution in [0.25, 0.3) is 0 Å². The van der Waals surface area contributed by atoms with Crippen LogP contribution in [0.2, 0.25) is 5.02 Å². The number of ether oxygens (including phenoxy) is 1. The number of benzene rings is 1. The first kappa shape index (κ1) is 14.4. The molecule has 1 aromatic carbocycles. The molecule has 1 atom stereocenters. The number of nitrogens with zero attached hydrogens (tertiary/aromatic N) is 1. The molecule has 0 unspecified atom stereocenters. The van der Waals surface area contributed by atoms with Crippen LogP contribution < -0.4 is 10.1 Å². The molecule has 6 heteroatoms. The summed E-state index contributed by atoms with van der Waals surface area (Å²) in [4.78, 5) is 11.9. The third-order valence-electron chi connectivity index (χ3n) is 2.69. The zero-order valence-corrected chi connectivity index (χ0v) is 12.2. The minimum absolute atomic E-state index is 0.300. The smallest absolute Gasteiger partial charge is 0.266 e. The molecule has 1 amide bonds. The van der Waals surface area contributed by atoms with Crippen LogP contribution in [0.3, 0.4) is 0 Å². The average molecular weight is 295 g/mol. The van der Waals surface area contributed by atoms with E-state index in [9.17, 15) is 4.79 Å². The maximum atomic E-state index is 11.9. The van der Waals surface area contributed by atoms with Crippen LogP contribution in [0.4, 0.5) is 5.82 Å². The fourth-order valence-corrected chi connectivity index (χ4v) is 1.72. The molecule has 0 aliphatic heterocycles. The highest BCUT2D eigenvalue weighted by Crippen LogP contribution is 2.22. The van der Waals surface area contributed by atoms with Crippen LogP contribution in [0, 0.1) is 13.8 Å². The second-order valence-corrected chi connectivity index (χ2v) is 4.89. The van der Waals surface area contributed by atoms with Crippen molar-refractivity contribution in [1.82, 2.24) is 5.16 Å². The number of aromatic nitrogens is 1. The van der Waals surface area contributed by atoms with E-state index in [4.69, 9.17) is 20.9 Å². The molecule has 0 bridgehead atoms. The number of halogens is 1. The Morgan fingerprint density at radius 1 is 1.40 bits per heavy atom. The van der Waals surface area contributed by atoms with Gasteiger partial charge in [-0.3, -0.25) is 4.79 Å². The molecule has 0 spiro atoms. The number of aryl methyl sites for hydroxylation is 2. The number of anilines is 1. The standard InChI is InChI=1S/C14H15ClN2O3/c1-8-6-11(4-5-12(8)15)19-10(3)14(18)16-13-7-9(2)20-17-13/h4-7,10H,1-3H3,(H,16,17,18)/t10-/m0/s1. The molecule has 2 rings (SSSR count). The van der Waals surface area contributed by atoms with E-state index in [-0.39, 0.29) is 5.91 Å². The van der Waals surface area contributed by atoms with Gasteiger partial charge in [-0.1, -0.05) is 16.8 Å². The molecule has 0 saturated carbocycles. The lowest BCUT2D eigenvalue weighted by Gasteiger charge is -2.14. The van der Waals surface area contributed by atoms with Crippen molar-refractivity contribution >= 4 is 23.3 Å². The molecule has 2 aromatic rings. The Balaban J connectivity index is 1.98. The van der Waals surface area contributed by atoms with Crippen molar-refractivity contribution in [3.63, 3.8) is 0 Å². The average Bonchev–Trinajstić information content (AvgIpc) is 2.79. The molecule has 106 valence electrons. The van der Waals surface area contributed by atoms with Gasteiger partial charge in [0.2, 0.25) is 0 Å². The first-order valence-electron chi connectivity index (χ1n) is 6.12. The van der Waals surface area contributed by atoms with E-state index in [1.807, 2.05) is 6.92 Å². The van der Waals surface area contributed by atoms with Crippen LogP contribution in [0.15, 0.2) is 28.8 Å². The Kier molecular flexibility index (Phi) is 4.29. The number of hydrogen-bond acceptors (Lipinski definition) is 4. The van der Waals surface area contributed by atoms with Crippen LogP contribution in [0.5, 0.6) is 5.75 Å². The zero-order valence-electron chi connectivity index (χ0n) is 11.4. The van der Waals surface area contributed by atoms with Gasteiger partial charge in [0.1, 0.15) is 11.5 Å². The third-order valence-corrected chi connectivity index (χ3v) is 3.11. The van der Waals surface area contributed by atoms with Crippen molar-refractivity contribution in [3.8, 4) is 5.75 Å². The highest BCUT2D eigenvalue weighted by Gasteiger charge is 2.16. The summed E-state index contributed by atoms with van der Waals surface area (Å²) in [5.41, 5.74) is 0.893. The van der Waals surface area contributed by atoms with Gasteiger partial charge in [-0.25, -0.2) is 0 Å². The summed E-state index contributed by atoms with van der Waals surface area (Å²) in [5.74, 6) is 1.29. The van der Waals surface area contributed by atoms with E-state index >= 15 is 0 Å². The van der Waals surface area contributed by atoms with Gasteiger partial charge in [-0.05, 0) is 44.5 Å². The van der Waals surface area contributed by atoms with E-state index in [2.05, 4.69) is 10.5 Å². The number of rotatable bonds is 4. The third kappa shape index (κ3) is 3.51. The maximum absolute atomic E-state index is 11.9. The minimum atomic E-state index is -0.660. The summed E-state index contributed by atoms with van der Waals surface area (Å²) < 4.78 is 10.4. The zero-order chi connectivity index (χ0) is 14.7. The Morgan fingerprint density at radius 2 is 2.15 bits per heavy atom. The first-order chi connectivity index (χ1) is 9.45. The Hall–Kier alpha value is -2.01. The fourth-order valence-electron chi connectivity index (χ4n) is 1.60. The van der Waals surface area contributed by atoms with E-state index in [0.29, 0.717) is 22.4 Å². The van der Waals surface area contributed by atoms with Gasteiger partial charge in [-0.2, -0.15) is 0 Å².